The van der Waals surface area contributed by atoms with E-state index in [1.165, 1.54) is 16.7 Å². The maximum absolute atomic E-state index is 5.70. The summed E-state index contributed by atoms with van der Waals surface area (Å²) in [5.74, 6) is 0. The summed E-state index contributed by atoms with van der Waals surface area (Å²) in [6.45, 7) is 6.31. The fraction of sp³-hybridized carbons (Fsp3) is 0.400. The van der Waals surface area contributed by atoms with Crippen LogP contribution in [-0.2, 0) is 0 Å². The summed E-state index contributed by atoms with van der Waals surface area (Å²) < 4.78 is 0. The molecule has 1 unspecified atom stereocenters. The van der Waals surface area contributed by atoms with Crippen molar-refractivity contribution in [2.45, 2.75) is 26.1 Å². The fourth-order valence-electron chi connectivity index (χ4n) is 1.30. The highest BCUT2D eigenvalue weighted by Crippen LogP contribution is 2.23. The van der Waals surface area contributed by atoms with Gasteiger partial charge in [0.15, 0.2) is 0 Å². The molecule has 12 heavy (non-hydrogen) atoms. The highest BCUT2D eigenvalue weighted by atomic mass is 32.1. The first kappa shape index (κ1) is 9.62. The number of nitrogens with two attached hydrogens (primary N) is 1. The Morgan fingerprint density at radius 2 is 1.75 bits per heavy atom. The van der Waals surface area contributed by atoms with Gasteiger partial charge in [0.2, 0.25) is 0 Å². The fourth-order valence-corrected chi connectivity index (χ4v) is 1.58. The molecule has 1 nitrogen and oxygen atoms in total. The van der Waals surface area contributed by atoms with Gasteiger partial charge in [0.25, 0.3) is 0 Å². The highest BCUT2D eigenvalue weighted by molar-refractivity contribution is 7.80. The van der Waals surface area contributed by atoms with E-state index in [9.17, 15) is 0 Å². The predicted octanol–water partition coefficient (Wildman–Crippen LogP) is 2.50. The first-order valence-electron chi connectivity index (χ1n) is 4.04. The summed E-state index contributed by atoms with van der Waals surface area (Å²) in [4.78, 5) is 0. The lowest BCUT2D eigenvalue weighted by atomic mass is 9.99. The Hall–Kier alpha value is -0.470. The SMILES string of the molecule is Cc1ccc(C(N)S)c(C)c1C. The van der Waals surface area contributed by atoms with E-state index in [0.717, 1.165) is 5.56 Å². The number of thiol groups is 1. The first-order chi connectivity index (χ1) is 5.54. The molecule has 0 aliphatic heterocycles. The Labute approximate surface area is 79.4 Å². The molecule has 0 radical (unpaired) electrons. The van der Waals surface area contributed by atoms with Crippen LogP contribution in [0.15, 0.2) is 12.1 Å². The Kier molecular flexibility index (Phi) is 2.80. The smallest absolute Gasteiger partial charge is 0.0737 e. The van der Waals surface area contributed by atoms with Gasteiger partial charge in [0.1, 0.15) is 0 Å². The molecule has 2 heteroatoms. The molecule has 0 saturated heterocycles. The van der Waals surface area contributed by atoms with Gasteiger partial charge in [-0.15, -0.1) is 0 Å². The number of rotatable bonds is 1. The van der Waals surface area contributed by atoms with Crippen molar-refractivity contribution in [2.24, 2.45) is 5.73 Å². The molecule has 0 aliphatic rings. The predicted molar refractivity (Wildman–Crippen MR) is 56.6 cm³/mol. The van der Waals surface area contributed by atoms with Gasteiger partial charge in [-0.05, 0) is 43.0 Å². The molecule has 2 N–H and O–H groups in total. The van der Waals surface area contributed by atoms with Gasteiger partial charge in [-0.3, -0.25) is 0 Å². The summed E-state index contributed by atoms with van der Waals surface area (Å²) in [6.07, 6.45) is 0. The lowest BCUT2D eigenvalue weighted by molar-refractivity contribution is 1.01. The van der Waals surface area contributed by atoms with Crippen LogP contribution >= 0.6 is 12.6 Å². The monoisotopic (exact) mass is 181 g/mol. The van der Waals surface area contributed by atoms with Crippen molar-refractivity contribution >= 4 is 12.6 Å². The third-order valence-corrected chi connectivity index (χ3v) is 2.70. The van der Waals surface area contributed by atoms with Crippen molar-refractivity contribution in [3.05, 3.63) is 34.4 Å². The average molecular weight is 181 g/mol. The Morgan fingerprint density at radius 3 is 2.25 bits per heavy atom. The molecule has 1 rings (SSSR count). The zero-order valence-corrected chi connectivity index (χ0v) is 8.65. The third kappa shape index (κ3) is 1.65. The van der Waals surface area contributed by atoms with Crippen molar-refractivity contribution < 1.29 is 0 Å². The van der Waals surface area contributed by atoms with E-state index in [2.05, 4.69) is 45.5 Å². The Balaban J connectivity index is 3.27. The van der Waals surface area contributed by atoms with Crippen molar-refractivity contribution in [2.75, 3.05) is 0 Å². The van der Waals surface area contributed by atoms with Gasteiger partial charge < -0.3 is 5.73 Å². The quantitative estimate of drug-likeness (QED) is 0.505. The van der Waals surface area contributed by atoms with Crippen LogP contribution in [0.25, 0.3) is 0 Å². The van der Waals surface area contributed by atoms with Gasteiger partial charge in [0.05, 0.1) is 5.37 Å². The van der Waals surface area contributed by atoms with Crippen LogP contribution in [0.2, 0.25) is 0 Å². The second-order valence-corrected chi connectivity index (χ2v) is 3.72. The molecule has 1 aromatic carbocycles. The van der Waals surface area contributed by atoms with Gasteiger partial charge >= 0.3 is 0 Å². The van der Waals surface area contributed by atoms with Gasteiger partial charge in [-0.1, -0.05) is 12.1 Å². The minimum Gasteiger partial charge on any atom is -0.316 e. The summed E-state index contributed by atoms with van der Waals surface area (Å²) in [7, 11) is 0. The second kappa shape index (κ2) is 3.50. The van der Waals surface area contributed by atoms with Gasteiger partial charge in [-0.25, -0.2) is 0 Å². The third-order valence-electron chi connectivity index (χ3n) is 2.42. The first-order valence-corrected chi connectivity index (χ1v) is 4.56. The normalized spacial score (nSPS) is 13.1. The lowest BCUT2D eigenvalue weighted by Crippen LogP contribution is -2.05. The molecule has 0 spiro atoms. The van der Waals surface area contributed by atoms with Crippen LogP contribution < -0.4 is 5.73 Å². The molecular formula is C10H15NS. The summed E-state index contributed by atoms with van der Waals surface area (Å²) in [6, 6.07) is 4.14. The molecular weight excluding hydrogens is 166 g/mol. The van der Waals surface area contributed by atoms with Crippen LogP contribution in [0.3, 0.4) is 0 Å². The molecule has 0 aliphatic carbocycles. The number of hydrogen-bond donors (Lipinski definition) is 2. The number of aryl methyl sites for hydroxylation is 1. The molecule has 0 amide bonds. The summed E-state index contributed by atoms with van der Waals surface area (Å²) >= 11 is 4.22. The number of hydrogen-bond acceptors (Lipinski definition) is 2. The summed E-state index contributed by atoms with van der Waals surface area (Å²) in [5.41, 5.74) is 10.7. The van der Waals surface area contributed by atoms with E-state index < -0.39 is 0 Å². The van der Waals surface area contributed by atoms with E-state index in [-0.39, 0.29) is 5.37 Å². The van der Waals surface area contributed by atoms with E-state index in [0.29, 0.717) is 0 Å². The molecule has 0 heterocycles. The number of benzene rings is 1. The topological polar surface area (TPSA) is 26.0 Å². The minimum absolute atomic E-state index is 0.163. The van der Waals surface area contributed by atoms with Crippen LogP contribution in [0, 0.1) is 20.8 Å². The van der Waals surface area contributed by atoms with Crippen LogP contribution in [0.5, 0.6) is 0 Å². The molecule has 0 fully saturated rings. The van der Waals surface area contributed by atoms with Crippen molar-refractivity contribution in [3.63, 3.8) is 0 Å². The van der Waals surface area contributed by atoms with E-state index in [4.69, 9.17) is 5.73 Å². The van der Waals surface area contributed by atoms with E-state index >= 15 is 0 Å². The van der Waals surface area contributed by atoms with Crippen molar-refractivity contribution in [1.82, 2.24) is 0 Å². The molecule has 0 saturated carbocycles. The maximum atomic E-state index is 5.70. The zero-order chi connectivity index (χ0) is 9.30. The van der Waals surface area contributed by atoms with E-state index in [1.54, 1.807) is 0 Å². The second-order valence-electron chi connectivity index (χ2n) is 3.17. The molecule has 66 valence electrons. The Bertz CT molecular complexity index is 292. The van der Waals surface area contributed by atoms with Crippen LogP contribution in [0.1, 0.15) is 27.6 Å². The van der Waals surface area contributed by atoms with Gasteiger partial charge in [0, 0.05) is 0 Å². The standard InChI is InChI=1S/C10H15NS/c1-6-4-5-9(10(11)12)8(3)7(6)2/h4-5,10,12H,11H2,1-3H3. The average Bonchev–Trinajstić information content (AvgIpc) is 2.00. The lowest BCUT2D eigenvalue weighted by Gasteiger charge is -2.13. The van der Waals surface area contributed by atoms with Crippen LogP contribution in [-0.4, -0.2) is 0 Å². The minimum atomic E-state index is -0.163. The van der Waals surface area contributed by atoms with Crippen molar-refractivity contribution in [1.29, 1.82) is 0 Å². The zero-order valence-electron chi connectivity index (χ0n) is 7.76. The van der Waals surface area contributed by atoms with Crippen molar-refractivity contribution in [3.8, 4) is 0 Å². The maximum Gasteiger partial charge on any atom is 0.0737 e. The van der Waals surface area contributed by atoms with Crippen LogP contribution in [0.4, 0.5) is 0 Å². The molecule has 1 aromatic rings. The summed E-state index contributed by atoms with van der Waals surface area (Å²) in [5, 5.41) is -0.163. The van der Waals surface area contributed by atoms with Gasteiger partial charge in [-0.2, -0.15) is 12.6 Å². The van der Waals surface area contributed by atoms with E-state index in [1.807, 2.05) is 0 Å². The Morgan fingerprint density at radius 1 is 1.17 bits per heavy atom. The largest absolute Gasteiger partial charge is 0.316 e. The molecule has 0 aromatic heterocycles. The molecule has 0 bridgehead atoms. The highest BCUT2D eigenvalue weighted by Gasteiger charge is 2.06. The molecule has 1 atom stereocenters.